The number of amides is 1. The van der Waals surface area contributed by atoms with Crippen LogP contribution < -0.4 is 15.4 Å². The maximum absolute atomic E-state index is 13.5. The fourth-order valence-corrected chi connectivity index (χ4v) is 5.31. The van der Waals surface area contributed by atoms with Crippen LogP contribution in [0.3, 0.4) is 0 Å². The lowest BCUT2D eigenvalue weighted by Gasteiger charge is -2.21. The lowest BCUT2D eigenvalue weighted by molar-refractivity contribution is -0.127. The molecule has 0 spiro atoms. The molecule has 2 aliphatic rings. The third kappa shape index (κ3) is 17.9. The molecule has 1 saturated carbocycles. The number of aromatic nitrogens is 2. The van der Waals surface area contributed by atoms with Gasteiger partial charge in [-0.15, -0.1) is 5.10 Å². The van der Waals surface area contributed by atoms with Crippen molar-refractivity contribution < 1.29 is 23.9 Å². The predicted octanol–water partition coefficient (Wildman–Crippen LogP) is 7.44. The number of carbonyl (C=O) groups is 3. The molecule has 2 fully saturated rings. The van der Waals surface area contributed by atoms with Crippen LogP contribution in [0.25, 0.3) is 11.3 Å². The Morgan fingerprint density at radius 1 is 1.06 bits per heavy atom. The largest absolute Gasteiger partial charge is 0.475 e. The van der Waals surface area contributed by atoms with E-state index < -0.39 is 17.1 Å². The minimum absolute atomic E-state index is 0.0754. The summed E-state index contributed by atoms with van der Waals surface area (Å²) in [5, 5.41) is 11.1. The number of rotatable bonds is 14. The van der Waals surface area contributed by atoms with Crippen molar-refractivity contribution in [3.63, 3.8) is 0 Å². The van der Waals surface area contributed by atoms with E-state index in [9.17, 15) is 9.59 Å². The number of hydrogen-bond donors (Lipinski definition) is 2. The van der Waals surface area contributed by atoms with E-state index in [1.807, 2.05) is 81.5 Å². The van der Waals surface area contributed by atoms with Crippen LogP contribution in [0.4, 0.5) is 4.79 Å². The summed E-state index contributed by atoms with van der Waals surface area (Å²) in [6, 6.07) is 6.19. The van der Waals surface area contributed by atoms with Crippen molar-refractivity contribution in [3.05, 3.63) is 34.9 Å². The predicted molar refractivity (Wildman–Crippen MR) is 214 cm³/mol. The number of benzene rings is 1. The van der Waals surface area contributed by atoms with Crippen molar-refractivity contribution in [2.45, 2.75) is 120 Å². The number of carbonyl (C=O) groups excluding carboxylic acids is 3. The van der Waals surface area contributed by atoms with Crippen LogP contribution in [0.2, 0.25) is 0 Å². The first-order chi connectivity index (χ1) is 24.6. The van der Waals surface area contributed by atoms with Crippen LogP contribution in [0.1, 0.15) is 111 Å². The summed E-state index contributed by atoms with van der Waals surface area (Å²) < 4.78 is 13.4. The highest BCUT2D eigenvalue weighted by Crippen LogP contribution is 2.35. The molecule has 0 atom stereocenters. The Bertz CT molecular complexity index is 1360. The summed E-state index contributed by atoms with van der Waals surface area (Å²) in [5.74, 6) is 0.897. The Morgan fingerprint density at radius 3 is 2.15 bits per heavy atom. The Balaban J connectivity index is 0.00000119. The summed E-state index contributed by atoms with van der Waals surface area (Å²) in [6.07, 6.45) is 9.76. The van der Waals surface area contributed by atoms with Gasteiger partial charge in [0.25, 0.3) is 5.91 Å². The van der Waals surface area contributed by atoms with Crippen molar-refractivity contribution in [2.24, 2.45) is 16.3 Å². The second-order valence-electron chi connectivity index (χ2n) is 15.1. The first-order valence-corrected chi connectivity index (χ1v) is 19.2. The lowest BCUT2D eigenvalue weighted by Crippen LogP contribution is -2.30. The molecule has 0 bridgehead atoms. The number of aldehydes is 1. The first-order valence-electron chi connectivity index (χ1n) is 19.2. The summed E-state index contributed by atoms with van der Waals surface area (Å²) in [5.41, 5.74) is 2.90. The van der Waals surface area contributed by atoms with Gasteiger partial charge < -0.3 is 29.8 Å². The number of ether oxygens (including phenoxy) is 2. The van der Waals surface area contributed by atoms with Gasteiger partial charge in [0.05, 0.1) is 11.1 Å². The number of likely N-dealkylation sites (N-methyl/N-ethyl adjacent to an activating group) is 2. The second kappa shape index (κ2) is 24.0. The molecular weight excluding hydrogens is 656 g/mol. The maximum atomic E-state index is 13.5. The van der Waals surface area contributed by atoms with Crippen LogP contribution in [0.5, 0.6) is 5.88 Å². The fraction of sp³-hybridized carbons (Fsp3) is 0.683. The van der Waals surface area contributed by atoms with Gasteiger partial charge in [0.2, 0.25) is 5.88 Å². The van der Waals surface area contributed by atoms with E-state index in [0.29, 0.717) is 18.0 Å². The van der Waals surface area contributed by atoms with E-state index in [4.69, 9.17) is 14.3 Å². The molecule has 4 rings (SSSR count). The number of hydrogen-bond acceptors (Lipinski definition) is 9. The zero-order valence-corrected chi connectivity index (χ0v) is 34.5. The van der Waals surface area contributed by atoms with Crippen LogP contribution in [0.15, 0.2) is 23.2 Å². The summed E-state index contributed by atoms with van der Waals surface area (Å²) in [6.45, 7) is 23.7. The van der Waals surface area contributed by atoms with Crippen molar-refractivity contribution in [2.75, 3.05) is 53.4 Å². The van der Waals surface area contributed by atoms with Crippen molar-refractivity contribution in [3.8, 4) is 17.1 Å². The average Bonchev–Trinajstić information content (AvgIpc) is 3.53. The van der Waals surface area contributed by atoms with E-state index in [0.717, 1.165) is 66.9 Å². The Hall–Kier alpha value is -3.41. The third-order valence-corrected chi connectivity index (χ3v) is 8.21. The molecule has 1 aromatic heterocycles. The molecule has 11 heteroatoms. The van der Waals surface area contributed by atoms with Gasteiger partial charge in [-0.05, 0) is 133 Å². The number of aliphatic imine (C=N–C) groups is 1. The van der Waals surface area contributed by atoms with Crippen LogP contribution in [-0.2, 0) is 20.7 Å². The Kier molecular flexibility index (Phi) is 21.5. The van der Waals surface area contributed by atoms with E-state index in [-0.39, 0.29) is 12.5 Å². The monoisotopic (exact) mass is 727 g/mol. The SMILES string of the molecule is C1CCNC1.CC.CC=O.CNCCN(C)CCc1c(OCC(C)(C)C(=O)N=CCCC2CC2)nn(C(=O)OC(C)(C)C)c1-c1cc(C)cc(C)c1. The minimum Gasteiger partial charge on any atom is -0.475 e. The molecule has 2 aromatic rings. The van der Waals surface area contributed by atoms with Gasteiger partial charge in [0, 0.05) is 37.0 Å². The molecule has 2 N–H and O–H groups in total. The van der Waals surface area contributed by atoms with Gasteiger partial charge in [0.15, 0.2) is 0 Å². The molecule has 1 aliphatic carbocycles. The summed E-state index contributed by atoms with van der Waals surface area (Å²) in [7, 11) is 4.00. The lowest BCUT2D eigenvalue weighted by atomic mass is 9.94. The van der Waals surface area contributed by atoms with E-state index in [1.54, 1.807) is 6.21 Å². The Labute approximate surface area is 314 Å². The topological polar surface area (TPSA) is 127 Å². The molecule has 1 saturated heterocycles. The molecule has 11 nitrogen and oxygen atoms in total. The standard InChI is InChI=1S/C33H51N5O4.C4H9N.C2H4O.C2H6/c1-23-19-24(2)21-26(20-23)28-27(14-17-37(9)18-16-34-8)29(36-38(28)31(40)42-32(3,4)5)41-22-33(6,7)30(39)35-15-10-11-25-12-13-25;1-2-4-5-3-1;1-2-3;1-2/h15,19-21,25,34H,10-14,16-18,22H2,1-9H3;5H,1-4H2;2H,1H3;1-2H3. The molecule has 1 aliphatic heterocycles. The molecule has 52 heavy (non-hydrogen) atoms. The first kappa shape index (κ1) is 46.6. The maximum Gasteiger partial charge on any atom is 0.435 e. The quantitative estimate of drug-likeness (QED) is 0.151. The molecule has 0 radical (unpaired) electrons. The summed E-state index contributed by atoms with van der Waals surface area (Å²) >= 11 is 0. The van der Waals surface area contributed by atoms with Crippen molar-refractivity contribution >= 4 is 24.5 Å². The summed E-state index contributed by atoms with van der Waals surface area (Å²) in [4.78, 5) is 41.7. The van der Waals surface area contributed by atoms with Crippen molar-refractivity contribution in [1.29, 1.82) is 0 Å². The minimum atomic E-state index is -0.868. The average molecular weight is 727 g/mol. The number of aryl methyl sites for hydroxylation is 2. The van der Waals surface area contributed by atoms with Crippen LogP contribution in [0, 0.1) is 25.2 Å². The molecule has 1 amide bonds. The van der Waals surface area contributed by atoms with Gasteiger partial charge in [-0.25, -0.2) is 9.79 Å². The zero-order chi connectivity index (χ0) is 39.3. The van der Waals surface area contributed by atoms with Crippen LogP contribution in [-0.4, -0.2) is 98.2 Å². The fourth-order valence-electron chi connectivity index (χ4n) is 5.31. The van der Waals surface area contributed by atoms with Gasteiger partial charge in [-0.2, -0.15) is 4.68 Å². The van der Waals surface area contributed by atoms with Gasteiger partial charge >= 0.3 is 6.09 Å². The van der Waals surface area contributed by atoms with Gasteiger partial charge in [0.1, 0.15) is 18.5 Å². The highest BCUT2D eigenvalue weighted by atomic mass is 16.6. The van der Waals surface area contributed by atoms with Gasteiger partial charge in [-0.1, -0.05) is 43.9 Å². The van der Waals surface area contributed by atoms with Crippen molar-refractivity contribution in [1.82, 2.24) is 25.3 Å². The highest BCUT2D eigenvalue weighted by Gasteiger charge is 2.32. The molecule has 294 valence electrons. The van der Waals surface area contributed by atoms with E-state index >= 15 is 0 Å². The molecule has 2 heterocycles. The van der Waals surface area contributed by atoms with E-state index in [2.05, 4.69) is 38.7 Å². The Morgan fingerprint density at radius 2 is 1.65 bits per heavy atom. The normalized spacial score (nSPS) is 14.1. The van der Waals surface area contributed by atoms with Gasteiger partial charge in [-0.3, -0.25) is 4.79 Å². The number of nitrogens with one attached hydrogen (secondary N) is 2. The number of nitrogens with zero attached hydrogens (tertiary/aromatic N) is 4. The van der Waals surface area contributed by atoms with Crippen LogP contribution >= 0.6 is 0 Å². The highest BCUT2D eigenvalue weighted by molar-refractivity contribution is 5.89. The smallest absolute Gasteiger partial charge is 0.435 e. The third-order valence-electron chi connectivity index (χ3n) is 8.21. The zero-order valence-electron chi connectivity index (χ0n) is 34.5. The molecule has 1 aromatic carbocycles. The van der Waals surface area contributed by atoms with E-state index in [1.165, 1.54) is 50.4 Å². The molecule has 0 unspecified atom stereocenters. The second-order valence-corrected chi connectivity index (χ2v) is 15.1. The molecular formula is C41H70N6O5.